The van der Waals surface area contributed by atoms with Crippen LogP contribution in [-0.4, -0.2) is 0 Å². The first-order valence-electron chi connectivity index (χ1n) is 8.06. The summed E-state index contributed by atoms with van der Waals surface area (Å²) >= 11 is 0. The van der Waals surface area contributed by atoms with E-state index < -0.39 is 0 Å². The Balaban J connectivity index is 1.73. The van der Waals surface area contributed by atoms with Gasteiger partial charge in [0.15, 0.2) is 0 Å². The number of hydrogen-bond acceptors (Lipinski definition) is 0. The summed E-state index contributed by atoms with van der Waals surface area (Å²) in [6, 6.07) is 5.59. The van der Waals surface area contributed by atoms with Crippen molar-refractivity contribution >= 4 is 0 Å². The van der Waals surface area contributed by atoms with Crippen LogP contribution in [0.25, 0.3) is 0 Å². The smallest absolute Gasteiger partial charge is 0.126 e. The van der Waals surface area contributed by atoms with E-state index in [0.717, 1.165) is 23.3 Å². The molecular weight excluding hydrogens is 247 g/mol. The summed E-state index contributed by atoms with van der Waals surface area (Å²) in [5.74, 6) is 3.01. The molecule has 4 unspecified atom stereocenters. The number of halogens is 1. The molecule has 0 spiro atoms. The molecule has 2 aliphatic carbocycles. The van der Waals surface area contributed by atoms with Crippen LogP contribution in [0.15, 0.2) is 30.9 Å². The Morgan fingerprint density at radius 3 is 2.65 bits per heavy atom. The molecule has 2 fully saturated rings. The van der Waals surface area contributed by atoms with Crippen molar-refractivity contribution < 1.29 is 4.39 Å². The maximum absolute atomic E-state index is 13.8. The van der Waals surface area contributed by atoms with Crippen molar-refractivity contribution in [3.8, 4) is 0 Å². The molecule has 0 amide bonds. The average molecular weight is 272 g/mol. The van der Waals surface area contributed by atoms with E-state index in [2.05, 4.69) is 18.7 Å². The Morgan fingerprint density at radius 2 is 1.85 bits per heavy atom. The Bertz CT molecular complexity index is 491. The van der Waals surface area contributed by atoms with Crippen molar-refractivity contribution in [1.29, 1.82) is 0 Å². The lowest BCUT2D eigenvalue weighted by molar-refractivity contribution is 0.133. The fourth-order valence-electron chi connectivity index (χ4n) is 4.49. The first kappa shape index (κ1) is 13.9. The second kappa shape index (κ2) is 5.71. The van der Waals surface area contributed by atoms with Crippen LogP contribution in [0.2, 0.25) is 0 Å². The van der Waals surface area contributed by atoms with Gasteiger partial charge in [-0.25, -0.2) is 4.39 Å². The minimum Gasteiger partial charge on any atom is -0.207 e. The molecule has 108 valence electrons. The van der Waals surface area contributed by atoms with Crippen molar-refractivity contribution in [3.63, 3.8) is 0 Å². The van der Waals surface area contributed by atoms with Crippen molar-refractivity contribution in [1.82, 2.24) is 0 Å². The molecule has 1 aromatic carbocycles. The minimum absolute atomic E-state index is 0.0417. The number of rotatable bonds is 2. The highest BCUT2D eigenvalue weighted by Gasteiger charge is 2.35. The first-order valence-corrected chi connectivity index (χ1v) is 8.06. The Morgan fingerprint density at radius 1 is 1.10 bits per heavy atom. The molecule has 1 heteroatoms. The highest BCUT2D eigenvalue weighted by atomic mass is 19.1. The summed E-state index contributed by atoms with van der Waals surface area (Å²) in [4.78, 5) is 0. The van der Waals surface area contributed by atoms with Gasteiger partial charge in [0.1, 0.15) is 5.82 Å². The molecule has 2 saturated carbocycles. The van der Waals surface area contributed by atoms with Crippen LogP contribution in [0.4, 0.5) is 4.39 Å². The standard InChI is InChI=1S/C19H25F/c1-3-14-7-8-16-12-17(10-9-15(16)11-14)18-5-4-6-19(20)13(18)2/h3-6,14-17H,1,7-12H2,2H3. The first-order chi connectivity index (χ1) is 9.69. The number of hydrogen-bond donors (Lipinski definition) is 0. The quantitative estimate of drug-likeness (QED) is 0.613. The molecule has 0 N–H and O–H groups in total. The zero-order valence-electron chi connectivity index (χ0n) is 12.4. The van der Waals surface area contributed by atoms with Gasteiger partial charge >= 0.3 is 0 Å². The van der Waals surface area contributed by atoms with Crippen LogP contribution in [0.3, 0.4) is 0 Å². The third-order valence-electron chi connectivity index (χ3n) is 5.74. The molecule has 0 radical (unpaired) electrons. The molecule has 0 bridgehead atoms. The van der Waals surface area contributed by atoms with Crippen LogP contribution in [0.1, 0.15) is 55.6 Å². The van der Waals surface area contributed by atoms with Gasteiger partial charge in [0.05, 0.1) is 0 Å². The maximum atomic E-state index is 13.8. The lowest BCUT2D eigenvalue weighted by atomic mass is 9.63. The van der Waals surface area contributed by atoms with Gasteiger partial charge in [-0.2, -0.15) is 0 Å². The zero-order chi connectivity index (χ0) is 14.1. The van der Waals surface area contributed by atoms with Gasteiger partial charge < -0.3 is 0 Å². The maximum Gasteiger partial charge on any atom is 0.126 e. The monoisotopic (exact) mass is 272 g/mol. The molecule has 0 nitrogen and oxygen atoms in total. The van der Waals surface area contributed by atoms with Gasteiger partial charge in [-0.15, -0.1) is 6.58 Å². The molecule has 0 heterocycles. The van der Waals surface area contributed by atoms with Crippen LogP contribution >= 0.6 is 0 Å². The molecule has 0 aliphatic heterocycles. The average Bonchev–Trinajstić information content (AvgIpc) is 2.49. The molecular formula is C19H25F. The number of allylic oxidation sites excluding steroid dienone is 1. The molecule has 20 heavy (non-hydrogen) atoms. The van der Waals surface area contributed by atoms with E-state index in [4.69, 9.17) is 0 Å². The number of benzene rings is 1. The van der Waals surface area contributed by atoms with Gasteiger partial charge in [0.25, 0.3) is 0 Å². The minimum atomic E-state index is -0.0417. The summed E-state index contributed by atoms with van der Waals surface area (Å²) in [6.07, 6.45) is 9.94. The van der Waals surface area contributed by atoms with E-state index >= 15 is 0 Å². The fourth-order valence-corrected chi connectivity index (χ4v) is 4.49. The summed E-state index contributed by atoms with van der Waals surface area (Å²) in [5.41, 5.74) is 2.13. The van der Waals surface area contributed by atoms with Gasteiger partial charge in [0, 0.05) is 0 Å². The van der Waals surface area contributed by atoms with Crippen LogP contribution in [0.5, 0.6) is 0 Å². The Labute approximate surface area is 122 Å². The largest absolute Gasteiger partial charge is 0.207 e. The van der Waals surface area contributed by atoms with Crippen molar-refractivity contribution in [2.24, 2.45) is 17.8 Å². The summed E-state index contributed by atoms with van der Waals surface area (Å²) in [6.45, 7) is 5.90. The van der Waals surface area contributed by atoms with Crippen LogP contribution in [-0.2, 0) is 0 Å². The van der Waals surface area contributed by atoms with E-state index in [0.29, 0.717) is 5.92 Å². The van der Waals surface area contributed by atoms with Crippen LogP contribution < -0.4 is 0 Å². The molecule has 0 aromatic heterocycles. The fraction of sp³-hybridized carbons (Fsp3) is 0.579. The third-order valence-corrected chi connectivity index (χ3v) is 5.74. The third kappa shape index (κ3) is 2.55. The topological polar surface area (TPSA) is 0 Å². The summed E-state index contributed by atoms with van der Waals surface area (Å²) in [7, 11) is 0. The molecule has 4 atom stereocenters. The van der Waals surface area contributed by atoms with E-state index in [-0.39, 0.29) is 5.82 Å². The van der Waals surface area contributed by atoms with Crippen molar-refractivity contribution in [2.75, 3.05) is 0 Å². The Hall–Kier alpha value is -1.11. The van der Waals surface area contributed by atoms with Gasteiger partial charge in [-0.3, -0.25) is 0 Å². The lowest BCUT2D eigenvalue weighted by Gasteiger charge is -2.42. The van der Waals surface area contributed by atoms with Crippen molar-refractivity contribution in [2.45, 2.75) is 51.4 Å². The van der Waals surface area contributed by atoms with E-state index in [1.165, 1.54) is 44.1 Å². The molecule has 2 aliphatic rings. The highest BCUT2D eigenvalue weighted by Crippen LogP contribution is 2.48. The number of fused-ring (bicyclic) bond motifs is 1. The predicted molar refractivity (Wildman–Crippen MR) is 82.2 cm³/mol. The SMILES string of the molecule is C=CC1CCC2CC(c3cccc(F)c3C)CCC2C1. The molecule has 1 aromatic rings. The van der Waals surface area contributed by atoms with E-state index in [1.54, 1.807) is 6.07 Å². The van der Waals surface area contributed by atoms with E-state index in [1.807, 2.05) is 13.0 Å². The highest BCUT2D eigenvalue weighted by molar-refractivity contribution is 5.31. The Kier molecular flexibility index (Phi) is 3.96. The zero-order valence-corrected chi connectivity index (χ0v) is 12.4. The normalized spacial score (nSPS) is 33.5. The molecule has 3 rings (SSSR count). The summed E-state index contributed by atoms with van der Waals surface area (Å²) in [5, 5.41) is 0. The van der Waals surface area contributed by atoms with Crippen molar-refractivity contribution in [3.05, 3.63) is 47.8 Å². The second-order valence-corrected chi connectivity index (χ2v) is 6.79. The second-order valence-electron chi connectivity index (χ2n) is 6.79. The molecule has 0 saturated heterocycles. The van der Waals surface area contributed by atoms with Gasteiger partial charge in [0.2, 0.25) is 0 Å². The van der Waals surface area contributed by atoms with E-state index in [9.17, 15) is 4.39 Å². The van der Waals surface area contributed by atoms with Gasteiger partial charge in [-0.1, -0.05) is 18.2 Å². The van der Waals surface area contributed by atoms with Crippen LogP contribution in [0, 0.1) is 30.5 Å². The lowest BCUT2D eigenvalue weighted by Crippen LogP contribution is -2.30. The van der Waals surface area contributed by atoms with Gasteiger partial charge in [-0.05, 0) is 86.3 Å². The summed E-state index contributed by atoms with van der Waals surface area (Å²) < 4.78 is 13.8. The predicted octanol–water partition coefficient (Wildman–Crippen LogP) is 5.62.